The average Bonchev–Trinajstić information content (AvgIpc) is 2.36. The Labute approximate surface area is 124 Å². The molecule has 0 aliphatic heterocycles. The van der Waals surface area contributed by atoms with Gasteiger partial charge in [-0.3, -0.25) is 0 Å². The van der Waals surface area contributed by atoms with Crippen LogP contribution in [0.5, 0.6) is 5.75 Å². The highest BCUT2D eigenvalue weighted by atomic mass is 16.3. The molecule has 0 unspecified atom stereocenters. The second-order valence-corrected chi connectivity index (χ2v) is 5.69. The number of aromatic nitrogens is 3. The van der Waals surface area contributed by atoms with Crippen molar-refractivity contribution in [2.24, 2.45) is 0 Å². The predicted octanol–water partition coefficient (Wildman–Crippen LogP) is 2.66. The van der Waals surface area contributed by atoms with Crippen molar-refractivity contribution in [3.63, 3.8) is 0 Å². The van der Waals surface area contributed by atoms with Crippen LogP contribution >= 0.6 is 0 Å². The molecule has 2 rings (SSSR count). The Morgan fingerprint density at radius 3 is 1.67 bits per heavy atom. The molecule has 0 radical (unpaired) electrons. The molecule has 5 N–H and O–H groups in total. The van der Waals surface area contributed by atoms with Crippen LogP contribution in [0.25, 0.3) is 11.4 Å². The van der Waals surface area contributed by atoms with Gasteiger partial charge in [0.1, 0.15) is 5.75 Å². The molecule has 0 atom stereocenters. The van der Waals surface area contributed by atoms with Gasteiger partial charge in [-0.2, -0.15) is 15.0 Å². The van der Waals surface area contributed by atoms with Gasteiger partial charge in [0.25, 0.3) is 0 Å². The number of benzene rings is 1. The van der Waals surface area contributed by atoms with Crippen molar-refractivity contribution in [3.8, 4) is 17.1 Å². The molecule has 112 valence electrons. The van der Waals surface area contributed by atoms with Gasteiger partial charge in [0.15, 0.2) is 5.82 Å². The highest BCUT2D eigenvalue weighted by Crippen LogP contribution is 2.37. The van der Waals surface area contributed by atoms with Crippen LogP contribution in [0.2, 0.25) is 0 Å². The lowest BCUT2D eigenvalue weighted by molar-refractivity contribution is 0.454. The van der Waals surface area contributed by atoms with Crippen molar-refractivity contribution < 1.29 is 5.11 Å². The number of nitrogens with zero attached hydrogens (tertiary/aromatic N) is 3. The lowest BCUT2D eigenvalue weighted by atomic mass is 9.91. The third-order valence-electron chi connectivity index (χ3n) is 3.34. The van der Waals surface area contributed by atoms with E-state index in [1.165, 1.54) is 0 Å². The molecule has 0 saturated heterocycles. The van der Waals surface area contributed by atoms with Gasteiger partial charge >= 0.3 is 0 Å². The summed E-state index contributed by atoms with van der Waals surface area (Å²) in [6.07, 6.45) is 0. The summed E-state index contributed by atoms with van der Waals surface area (Å²) in [5.41, 5.74) is 13.8. The first kappa shape index (κ1) is 15.0. The summed E-state index contributed by atoms with van der Waals surface area (Å²) in [6, 6.07) is 3.75. The number of nitrogens with two attached hydrogens (primary N) is 2. The minimum atomic E-state index is 0.0859. The van der Waals surface area contributed by atoms with Gasteiger partial charge in [0.05, 0.1) is 0 Å². The smallest absolute Gasteiger partial charge is 0.225 e. The van der Waals surface area contributed by atoms with E-state index < -0.39 is 0 Å². The maximum absolute atomic E-state index is 10.4. The minimum Gasteiger partial charge on any atom is -0.507 e. The standard InChI is InChI=1S/C15H21N5O/c1-7(2)10-5-9(6-11(8(3)4)12(10)21)13-18-14(16)20-15(17)19-13/h5-8,21H,1-4H3,(H4,16,17,18,19,20). The summed E-state index contributed by atoms with van der Waals surface area (Å²) in [6.45, 7) is 8.11. The van der Waals surface area contributed by atoms with Gasteiger partial charge in [0, 0.05) is 5.56 Å². The molecule has 1 aromatic carbocycles. The van der Waals surface area contributed by atoms with Gasteiger partial charge in [0.2, 0.25) is 11.9 Å². The van der Waals surface area contributed by atoms with E-state index in [4.69, 9.17) is 11.5 Å². The number of nitrogen functional groups attached to an aromatic ring is 2. The third kappa shape index (κ3) is 3.04. The van der Waals surface area contributed by atoms with E-state index in [-0.39, 0.29) is 23.7 Å². The zero-order chi connectivity index (χ0) is 15.7. The van der Waals surface area contributed by atoms with Crippen molar-refractivity contribution in [3.05, 3.63) is 23.3 Å². The zero-order valence-electron chi connectivity index (χ0n) is 12.8. The van der Waals surface area contributed by atoms with E-state index in [1.807, 2.05) is 39.8 Å². The van der Waals surface area contributed by atoms with E-state index in [1.54, 1.807) is 0 Å². The lowest BCUT2D eigenvalue weighted by Crippen LogP contribution is -2.05. The third-order valence-corrected chi connectivity index (χ3v) is 3.34. The summed E-state index contributed by atoms with van der Waals surface area (Å²) >= 11 is 0. The molecule has 0 aliphatic carbocycles. The number of hydrogen-bond acceptors (Lipinski definition) is 6. The number of hydrogen-bond donors (Lipinski definition) is 3. The SMILES string of the molecule is CC(C)c1cc(-c2nc(N)nc(N)n2)cc(C(C)C)c1O. The Morgan fingerprint density at radius 1 is 0.857 bits per heavy atom. The van der Waals surface area contributed by atoms with E-state index in [9.17, 15) is 5.11 Å². The normalized spacial score (nSPS) is 11.3. The molecule has 0 fully saturated rings. The van der Waals surface area contributed by atoms with Crippen molar-refractivity contribution in [1.82, 2.24) is 15.0 Å². The fourth-order valence-corrected chi connectivity index (χ4v) is 2.23. The second-order valence-electron chi connectivity index (χ2n) is 5.69. The quantitative estimate of drug-likeness (QED) is 0.800. The predicted molar refractivity (Wildman–Crippen MR) is 83.9 cm³/mol. The fourth-order valence-electron chi connectivity index (χ4n) is 2.23. The zero-order valence-corrected chi connectivity index (χ0v) is 12.8. The Kier molecular flexibility index (Phi) is 3.97. The molecule has 0 spiro atoms. The average molecular weight is 287 g/mol. The van der Waals surface area contributed by atoms with Gasteiger partial charge in [-0.25, -0.2) is 0 Å². The maximum atomic E-state index is 10.4. The Hall–Kier alpha value is -2.37. The van der Waals surface area contributed by atoms with Crippen LogP contribution in [-0.2, 0) is 0 Å². The van der Waals surface area contributed by atoms with E-state index in [0.717, 1.165) is 16.7 Å². The molecule has 0 amide bonds. The summed E-state index contributed by atoms with van der Waals surface area (Å²) in [7, 11) is 0. The van der Waals surface area contributed by atoms with Crippen molar-refractivity contribution in [2.75, 3.05) is 11.5 Å². The summed E-state index contributed by atoms with van der Waals surface area (Å²) in [5.74, 6) is 1.28. The van der Waals surface area contributed by atoms with Crippen LogP contribution in [0.4, 0.5) is 11.9 Å². The van der Waals surface area contributed by atoms with Crippen molar-refractivity contribution in [1.29, 1.82) is 0 Å². The number of rotatable bonds is 3. The number of phenolic OH excluding ortho intramolecular Hbond substituents is 1. The van der Waals surface area contributed by atoms with Crippen molar-refractivity contribution in [2.45, 2.75) is 39.5 Å². The fraction of sp³-hybridized carbons (Fsp3) is 0.400. The monoisotopic (exact) mass is 287 g/mol. The van der Waals surface area contributed by atoms with E-state index in [0.29, 0.717) is 11.6 Å². The van der Waals surface area contributed by atoms with Gasteiger partial charge in [-0.1, -0.05) is 27.7 Å². The van der Waals surface area contributed by atoms with Crippen molar-refractivity contribution >= 4 is 11.9 Å². The molecular formula is C15H21N5O. The van der Waals surface area contributed by atoms with Crippen LogP contribution in [0.1, 0.15) is 50.7 Å². The summed E-state index contributed by atoms with van der Waals surface area (Å²) < 4.78 is 0. The van der Waals surface area contributed by atoms with Gasteiger partial charge < -0.3 is 16.6 Å². The molecule has 6 nitrogen and oxygen atoms in total. The molecule has 1 heterocycles. The summed E-state index contributed by atoms with van der Waals surface area (Å²) in [4.78, 5) is 12.0. The largest absolute Gasteiger partial charge is 0.507 e. The van der Waals surface area contributed by atoms with Gasteiger partial charge in [-0.05, 0) is 35.1 Å². The maximum Gasteiger partial charge on any atom is 0.225 e. The molecule has 21 heavy (non-hydrogen) atoms. The number of aromatic hydroxyl groups is 1. The topological polar surface area (TPSA) is 111 Å². The molecular weight excluding hydrogens is 266 g/mol. The first-order chi connectivity index (χ1) is 9.79. The van der Waals surface area contributed by atoms with Crippen LogP contribution in [-0.4, -0.2) is 20.1 Å². The number of anilines is 2. The first-order valence-electron chi connectivity index (χ1n) is 6.93. The molecule has 6 heteroatoms. The number of phenols is 1. The van der Waals surface area contributed by atoms with E-state index >= 15 is 0 Å². The Morgan fingerprint density at radius 2 is 1.29 bits per heavy atom. The van der Waals surface area contributed by atoms with Gasteiger partial charge in [-0.15, -0.1) is 0 Å². The molecule has 2 aromatic rings. The summed E-state index contributed by atoms with van der Waals surface area (Å²) in [5, 5.41) is 10.4. The second kappa shape index (κ2) is 5.55. The van der Waals surface area contributed by atoms with Crippen LogP contribution in [0.3, 0.4) is 0 Å². The minimum absolute atomic E-state index is 0.0859. The molecule has 0 bridgehead atoms. The molecule has 0 saturated carbocycles. The Bertz CT molecular complexity index is 618. The molecule has 0 aliphatic rings. The lowest BCUT2D eigenvalue weighted by Gasteiger charge is -2.17. The van der Waals surface area contributed by atoms with Crippen LogP contribution < -0.4 is 11.5 Å². The highest BCUT2D eigenvalue weighted by Gasteiger charge is 2.17. The van der Waals surface area contributed by atoms with E-state index in [2.05, 4.69) is 15.0 Å². The van der Waals surface area contributed by atoms with Crippen LogP contribution in [0.15, 0.2) is 12.1 Å². The molecule has 1 aromatic heterocycles. The highest BCUT2D eigenvalue weighted by molar-refractivity contribution is 5.64. The van der Waals surface area contributed by atoms with Crippen LogP contribution in [0, 0.1) is 0 Å². The Balaban J connectivity index is 2.68. The first-order valence-corrected chi connectivity index (χ1v) is 6.93.